The average Bonchev–Trinajstić information content (AvgIpc) is 2.45. The highest BCUT2D eigenvalue weighted by Crippen LogP contribution is 2.17. The largest absolute Gasteiger partial charge is 0.492 e. The van der Waals surface area contributed by atoms with Gasteiger partial charge in [0.2, 0.25) is 0 Å². The SMILES string of the molecule is CCNC(COc1cccc(Cl)c1)Cc1cccc(F)c1. The van der Waals surface area contributed by atoms with Gasteiger partial charge in [-0.2, -0.15) is 0 Å². The third-order valence-electron chi connectivity index (χ3n) is 3.11. The van der Waals surface area contributed by atoms with Gasteiger partial charge in [-0.15, -0.1) is 0 Å². The summed E-state index contributed by atoms with van der Waals surface area (Å²) < 4.78 is 19.0. The molecule has 1 unspecified atom stereocenters. The van der Waals surface area contributed by atoms with Crippen LogP contribution < -0.4 is 10.1 Å². The molecule has 0 fully saturated rings. The second kappa shape index (κ2) is 8.01. The van der Waals surface area contributed by atoms with Crippen LogP contribution in [0.4, 0.5) is 4.39 Å². The van der Waals surface area contributed by atoms with Gasteiger partial charge in [-0.1, -0.05) is 36.7 Å². The third kappa shape index (κ3) is 5.37. The molecule has 0 aliphatic heterocycles. The van der Waals surface area contributed by atoms with Gasteiger partial charge in [0.05, 0.1) is 0 Å². The molecule has 0 bridgehead atoms. The molecule has 0 heterocycles. The Hall–Kier alpha value is -1.58. The zero-order valence-corrected chi connectivity index (χ0v) is 12.7. The molecule has 0 spiro atoms. The van der Waals surface area contributed by atoms with Crippen molar-refractivity contribution in [2.45, 2.75) is 19.4 Å². The Morgan fingerprint density at radius 2 is 2.00 bits per heavy atom. The van der Waals surface area contributed by atoms with Crippen LogP contribution in [-0.2, 0) is 6.42 Å². The van der Waals surface area contributed by atoms with Crippen LogP contribution >= 0.6 is 11.6 Å². The molecule has 0 saturated heterocycles. The molecule has 1 atom stereocenters. The summed E-state index contributed by atoms with van der Waals surface area (Å²) in [6.07, 6.45) is 0.714. The van der Waals surface area contributed by atoms with E-state index < -0.39 is 0 Å². The number of likely N-dealkylation sites (N-methyl/N-ethyl adjacent to an activating group) is 1. The van der Waals surface area contributed by atoms with Gasteiger partial charge in [0.15, 0.2) is 0 Å². The Morgan fingerprint density at radius 1 is 1.19 bits per heavy atom. The lowest BCUT2D eigenvalue weighted by atomic mass is 10.1. The van der Waals surface area contributed by atoms with Gasteiger partial charge in [-0.05, 0) is 48.9 Å². The summed E-state index contributed by atoms with van der Waals surface area (Å²) in [7, 11) is 0. The summed E-state index contributed by atoms with van der Waals surface area (Å²) in [6, 6.07) is 14.1. The number of benzene rings is 2. The lowest BCUT2D eigenvalue weighted by Gasteiger charge is -2.19. The molecule has 2 nitrogen and oxygen atoms in total. The second-order valence-corrected chi connectivity index (χ2v) is 5.29. The van der Waals surface area contributed by atoms with Crippen molar-refractivity contribution in [3.8, 4) is 5.75 Å². The van der Waals surface area contributed by atoms with Crippen LogP contribution in [-0.4, -0.2) is 19.2 Å². The van der Waals surface area contributed by atoms with Crippen LogP contribution in [0.25, 0.3) is 0 Å². The summed E-state index contributed by atoms with van der Waals surface area (Å²) in [5, 5.41) is 4.01. The predicted molar refractivity (Wildman–Crippen MR) is 84.5 cm³/mol. The highest BCUT2D eigenvalue weighted by molar-refractivity contribution is 6.30. The van der Waals surface area contributed by atoms with Gasteiger partial charge in [-0.3, -0.25) is 0 Å². The van der Waals surface area contributed by atoms with Crippen LogP contribution in [0.2, 0.25) is 5.02 Å². The maximum Gasteiger partial charge on any atom is 0.123 e. The van der Waals surface area contributed by atoms with Gasteiger partial charge in [0, 0.05) is 11.1 Å². The van der Waals surface area contributed by atoms with E-state index in [0.717, 1.165) is 17.9 Å². The summed E-state index contributed by atoms with van der Waals surface area (Å²) in [5.41, 5.74) is 0.954. The van der Waals surface area contributed by atoms with Crippen LogP contribution in [0.15, 0.2) is 48.5 Å². The van der Waals surface area contributed by atoms with Gasteiger partial charge in [-0.25, -0.2) is 4.39 Å². The normalized spacial score (nSPS) is 12.1. The van der Waals surface area contributed by atoms with Crippen molar-refractivity contribution in [1.29, 1.82) is 0 Å². The number of halogens is 2. The fourth-order valence-electron chi connectivity index (χ4n) is 2.18. The molecule has 2 aromatic carbocycles. The minimum atomic E-state index is -0.210. The minimum absolute atomic E-state index is 0.121. The lowest BCUT2D eigenvalue weighted by Crippen LogP contribution is -2.36. The van der Waals surface area contributed by atoms with Crippen molar-refractivity contribution < 1.29 is 9.13 Å². The maximum absolute atomic E-state index is 13.2. The summed E-state index contributed by atoms with van der Waals surface area (Å²) in [5.74, 6) is 0.531. The lowest BCUT2D eigenvalue weighted by molar-refractivity contribution is 0.265. The second-order valence-electron chi connectivity index (χ2n) is 4.86. The Kier molecular flexibility index (Phi) is 6.03. The molecule has 0 amide bonds. The molecular weight excluding hydrogens is 289 g/mol. The van der Waals surface area contributed by atoms with E-state index in [1.54, 1.807) is 18.2 Å². The Bertz CT molecular complexity index is 576. The van der Waals surface area contributed by atoms with Gasteiger partial charge in [0.25, 0.3) is 0 Å². The molecule has 0 aliphatic carbocycles. The fraction of sp³-hybridized carbons (Fsp3) is 0.294. The van der Waals surface area contributed by atoms with Crippen molar-refractivity contribution >= 4 is 11.6 Å². The quantitative estimate of drug-likeness (QED) is 0.832. The van der Waals surface area contributed by atoms with Crippen molar-refractivity contribution in [3.63, 3.8) is 0 Å². The topological polar surface area (TPSA) is 21.3 Å². The number of ether oxygens (including phenoxy) is 1. The van der Waals surface area contributed by atoms with Crippen molar-refractivity contribution in [2.75, 3.05) is 13.2 Å². The molecule has 0 aromatic heterocycles. The molecule has 112 valence electrons. The predicted octanol–water partition coefficient (Wildman–Crippen LogP) is 4.08. The smallest absolute Gasteiger partial charge is 0.123 e. The Balaban J connectivity index is 1.95. The molecule has 0 radical (unpaired) electrons. The zero-order valence-electron chi connectivity index (χ0n) is 12.0. The number of rotatable bonds is 7. The first-order chi connectivity index (χ1) is 10.2. The monoisotopic (exact) mass is 307 g/mol. The standard InChI is InChI=1S/C17H19ClFNO/c1-2-20-16(10-13-5-3-7-15(19)9-13)12-21-17-8-4-6-14(18)11-17/h3-9,11,16,20H,2,10,12H2,1H3. The molecule has 4 heteroatoms. The van der Waals surface area contributed by atoms with E-state index in [2.05, 4.69) is 5.32 Å². The Labute approximate surface area is 129 Å². The first kappa shape index (κ1) is 15.8. The molecule has 2 aromatic rings. The number of hydrogen-bond donors (Lipinski definition) is 1. The molecular formula is C17H19ClFNO. The van der Waals surface area contributed by atoms with Crippen LogP contribution in [0.3, 0.4) is 0 Å². The van der Waals surface area contributed by atoms with E-state index in [0.29, 0.717) is 18.1 Å². The van der Waals surface area contributed by atoms with Crippen molar-refractivity contribution in [2.24, 2.45) is 0 Å². The first-order valence-electron chi connectivity index (χ1n) is 7.03. The third-order valence-corrected chi connectivity index (χ3v) is 3.35. The molecule has 1 N–H and O–H groups in total. The van der Waals surface area contributed by atoms with E-state index in [-0.39, 0.29) is 11.9 Å². The Morgan fingerprint density at radius 3 is 2.71 bits per heavy atom. The fourth-order valence-corrected chi connectivity index (χ4v) is 2.36. The van der Waals surface area contributed by atoms with E-state index in [4.69, 9.17) is 16.3 Å². The van der Waals surface area contributed by atoms with Crippen molar-refractivity contribution in [1.82, 2.24) is 5.32 Å². The molecule has 0 saturated carbocycles. The molecule has 2 rings (SSSR count). The van der Waals surface area contributed by atoms with E-state index in [1.165, 1.54) is 6.07 Å². The average molecular weight is 308 g/mol. The summed E-state index contributed by atoms with van der Waals surface area (Å²) >= 11 is 5.93. The van der Waals surface area contributed by atoms with Crippen LogP contribution in [0, 0.1) is 5.82 Å². The first-order valence-corrected chi connectivity index (χ1v) is 7.41. The summed E-state index contributed by atoms with van der Waals surface area (Å²) in [6.45, 7) is 3.38. The molecule has 21 heavy (non-hydrogen) atoms. The maximum atomic E-state index is 13.2. The van der Waals surface area contributed by atoms with E-state index >= 15 is 0 Å². The van der Waals surface area contributed by atoms with Crippen LogP contribution in [0.1, 0.15) is 12.5 Å². The van der Waals surface area contributed by atoms with Crippen molar-refractivity contribution in [3.05, 3.63) is 64.9 Å². The van der Waals surface area contributed by atoms with Crippen LogP contribution in [0.5, 0.6) is 5.75 Å². The summed E-state index contributed by atoms with van der Waals surface area (Å²) in [4.78, 5) is 0. The molecule has 0 aliphatic rings. The highest BCUT2D eigenvalue weighted by Gasteiger charge is 2.10. The number of nitrogens with one attached hydrogen (secondary N) is 1. The zero-order chi connectivity index (χ0) is 15.1. The number of hydrogen-bond acceptors (Lipinski definition) is 2. The van der Waals surface area contributed by atoms with Gasteiger partial charge >= 0.3 is 0 Å². The van der Waals surface area contributed by atoms with E-state index in [1.807, 2.05) is 31.2 Å². The minimum Gasteiger partial charge on any atom is -0.492 e. The van der Waals surface area contributed by atoms with Gasteiger partial charge in [0.1, 0.15) is 18.2 Å². The van der Waals surface area contributed by atoms with E-state index in [9.17, 15) is 4.39 Å². The highest BCUT2D eigenvalue weighted by atomic mass is 35.5. The van der Waals surface area contributed by atoms with Gasteiger partial charge < -0.3 is 10.1 Å².